The Hall–Kier alpha value is -1.16. The maximum absolute atomic E-state index is 5.32. The first kappa shape index (κ1) is 8.93. The molecule has 0 saturated carbocycles. The maximum Gasteiger partial charge on any atom is 0.164 e. The van der Waals surface area contributed by atoms with Crippen LogP contribution in [-0.4, -0.2) is 10.1 Å². The highest BCUT2D eigenvalue weighted by atomic mass is 32.1. The van der Waals surface area contributed by atoms with Gasteiger partial charge in [-0.15, -0.1) is 0 Å². The van der Waals surface area contributed by atoms with Crippen molar-refractivity contribution in [2.45, 2.75) is 13.0 Å². The van der Waals surface area contributed by atoms with Crippen LogP contribution in [0.1, 0.15) is 18.7 Å². The fourth-order valence-electron chi connectivity index (χ4n) is 0.919. The second kappa shape index (κ2) is 4.01. The molecule has 0 fully saturated rings. The van der Waals surface area contributed by atoms with Gasteiger partial charge in [-0.1, -0.05) is 6.07 Å². The van der Waals surface area contributed by atoms with Gasteiger partial charge in [0.15, 0.2) is 5.11 Å². The van der Waals surface area contributed by atoms with Crippen LogP contribution in [-0.2, 0) is 0 Å². The van der Waals surface area contributed by atoms with Gasteiger partial charge in [0.05, 0.1) is 11.7 Å². The summed E-state index contributed by atoms with van der Waals surface area (Å²) in [5.74, 6) is 0. The minimum atomic E-state index is 0.0729. The molecule has 1 unspecified atom stereocenters. The molecule has 12 heavy (non-hydrogen) atoms. The van der Waals surface area contributed by atoms with Gasteiger partial charge in [-0.25, -0.2) is 0 Å². The van der Waals surface area contributed by atoms with Crippen LogP contribution < -0.4 is 11.1 Å². The lowest BCUT2D eigenvalue weighted by atomic mass is 10.2. The van der Waals surface area contributed by atoms with Crippen LogP contribution in [0.25, 0.3) is 0 Å². The van der Waals surface area contributed by atoms with E-state index in [4.69, 9.17) is 18.0 Å². The zero-order valence-corrected chi connectivity index (χ0v) is 7.64. The van der Waals surface area contributed by atoms with Crippen LogP contribution in [0.2, 0.25) is 0 Å². The molecule has 0 spiro atoms. The molecule has 0 bridgehead atoms. The second-order valence-corrected chi connectivity index (χ2v) is 2.92. The maximum atomic E-state index is 5.32. The van der Waals surface area contributed by atoms with E-state index in [0.29, 0.717) is 5.11 Å². The molecule has 0 aliphatic heterocycles. The average Bonchev–Trinajstić information content (AvgIpc) is 2.05. The summed E-state index contributed by atoms with van der Waals surface area (Å²) in [6.07, 6.45) is 1.74. The van der Waals surface area contributed by atoms with Crippen LogP contribution in [0.15, 0.2) is 24.4 Å². The largest absolute Gasteiger partial charge is 0.376 e. The monoisotopic (exact) mass is 181 g/mol. The molecule has 0 amide bonds. The van der Waals surface area contributed by atoms with E-state index < -0.39 is 0 Å². The fraction of sp³-hybridized carbons (Fsp3) is 0.250. The zero-order chi connectivity index (χ0) is 8.97. The van der Waals surface area contributed by atoms with E-state index in [1.54, 1.807) is 6.20 Å². The number of nitrogens with two attached hydrogens (primary N) is 1. The van der Waals surface area contributed by atoms with Crippen molar-refractivity contribution in [2.24, 2.45) is 5.73 Å². The predicted molar refractivity (Wildman–Crippen MR) is 52.6 cm³/mol. The lowest BCUT2D eigenvalue weighted by Crippen LogP contribution is -2.31. The van der Waals surface area contributed by atoms with Crippen molar-refractivity contribution in [1.29, 1.82) is 0 Å². The lowest BCUT2D eigenvalue weighted by Gasteiger charge is -2.11. The summed E-state index contributed by atoms with van der Waals surface area (Å²) in [5, 5.41) is 3.20. The minimum Gasteiger partial charge on any atom is -0.376 e. The molecule has 64 valence electrons. The van der Waals surface area contributed by atoms with Crippen LogP contribution in [0, 0.1) is 0 Å². The van der Waals surface area contributed by atoms with Gasteiger partial charge in [0, 0.05) is 6.20 Å². The molecule has 1 heterocycles. The Bertz CT molecular complexity index is 260. The van der Waals surface area contributed by atoms with E-state index in [9.17, 15) is 0 Å². The second-order valence-electron chi connectivity index (χ2n) is 2.48. The van der Waals surface area contributed by atoms with Crippen LogP contribution in [0.3, 0.4) is 0 Å². The highest BCUT2D eigenvalue weighted by molar-refractivity contribution is 7.80. The van der Waals surface area contributed by atoms with Crippen molar-refractivity contribution in [3.05, 3.63) is 30.1 Å². The van der Waals surface area contributed by atoms with E-state index in [-0.39, 0.29) is 6.04 Å². The van der Waals surface area contributed by atoms with Crippen molar-refractivity contribution in [2.75, 3.05) is 0 Å². The molecule has 1 rings (SSSR count). The van der Waals surface area contributed by atoms with E-state index in [2.05, 4.69) is 10.3 Å². The molecule has 0 saturated heterocycles. The van der Waals surface area contributed by atoms with Gasteiger partial charge in [0.1, 0.15) is 0 Å². The number of pyridine rings is 1. The fourth-order valence-corrected chi connectivity index (χ4v) is 1.10. The summed E-state index contributed by atoms with van der Waals surface area (Å²) in [4.78, 5) is 4.15. The molecule has 1 aromatic rings. The zero-order valence-electron chi connectivity index (χ0n) is 6.82. The Balaban J connectivity index is 2.65. The first-order chi connectivity index (χ1) is 5.70. The van der Waals surface area contributed by atoms with Gasteiger partial charge >= 0.3 is 0 Å². The Morgan fingerprint density at radius 3 is 2.92 bits per heavy atom. The van der Waals surface area contributed by atoms with Gasteiger partial charge < -0.3 is 11.1 Å². The summed E-state index contributed by atoms with van der Waals surface area (Å²) in [7, 11) is 0. The summed E-state index contributed by atoms with van der Waals surface area (Å²) in [6.45, 7) is 1.96. The molecule has 1 aromatic heterocycles. The van der Waals surface area contributed by atoms with E-state index in [1.165, 1.54) is 0 Å². The summed E-state index contributed by atoms with van der Waals surface area (Å²) < 4.78 is 0. The molecule has 1 atom stereocenters. The number of thiocarbonyl (C=S) groups is 1. The van der Waals surface area contributed by atoms with Gasteiger partial charge in [-0.3, -0.25) is 4.98 Å². The quantitative estimate of drug-likeness (QED) is 0.668. The molecule has 0 aliphatic rings. The standard InChI is InChI=1S/C8H11N3S/c1-6(11-8(9)12)7-4-2-3-5-10-7/h2-6H,1H3,(H3,9,11,12). The molecule has 4 heteroatoms. The molecule has 0 aliphatic carbocycles. The average molecular weight is 181 g/mol. The van der Waals surface area contributed by atoms with Crippen molar-refractivity contribution < 1.29 is 0 Å². The molecular formula is C8H11N3S. The first-order valence-electron chi connectivity index (χ1n) is 3.67. The Kier molecular flexibility index (Phi) is 2.99. The third-order valence-corrected chi connectivity index (χ3v) is 1.61. The number of rotatable bonds is 2. The third-order valence-electron chi connectivity index (χ3n) is 1.49. The van der Waals surface area contributed by atoms with Crippen LogP contribution >= 0.6 is 12.2 Å². The highest BCUT2D eigenvalue weighted by Crippen LogP contribution is 2.06. The van der Waals surface area contributed by atoms with Crippen LogP contribution in [0.4, 0.5) is 0 Å². The van der Waals surface area contributed by atoms with Gasteiger partial charge in [0.25, 0.3) is 0 Å². The van der Waals surface area contributed by atoms with Crippen molar-refractivity contribution in [3.8, 4) is 0 Å². The highest BCUT2D eigenvalue weighted by Gasteiger charge is 2.04. The van der Waals surface area contributed by atoms with E-state index in [0.717, 1.165) is 5.69 Å². The van der Waals surface area contributed by atoms with Gasteiger partial charge in [0.2, 0.25) is 0 Å². The topological polar surface area (TPSA) is 50.9 Å². The van der Waals surface area contributed by atoms with Crippen molar-refractivity contribution in [1.82, 2.24) is 10.3 Å². The van der Waals surface area contributed by atoms with Crippen molar-refractivity contribution in [3.63, 3.8) is 0 Å². The lowest BCUT2D eigenvalue weighted by molar-refractivity contribution is 0.694. The Morgan fingerprint density at radius 2 is 2.42 bits per heavy atom. The molecule has 0 aromatic carbocycles. The Morgan fingerprint density at radius 1 is 1.67 bits per heavy atom. The number of nitrogens with one attached hydrogen (secondary N) is 1. The molecule has 3 N–H and O–H groups in total. The summed E-state index contributed by atoms with van der Waals surface area (Å²) >= 11 is 4.71. The van der Waals surface area contributed by atoms with Gasteiger partial charge in [-0.05, 0) is 31.3 Å². The van der Waals surface area contributed by atoms with E-state index in [1.807, 2.05) is 25.1 Å². The third kappa shape index (κ3) is 2.47. The molecule has 3 nitrogen and oxygen atoms in total. The minimum absolute atomic E-state index is 0.0729. The number of hydrogen-bond donors (Lipinski definition) is 2. The SMILES string of the molecule is CC(NC(N)=S)c1ccccn1. The first-order valence-corrected chi connectivity index (χ1v) is 4.08. The normalized spacial score (nSPS) is 12.1. The van der Waals surface area contributed by atoms with Gasteiger partial charge in [-0.2, -0.15) is 0 Å². The summed E-state index contributed by atoms with van der Waals surface area (Å²) in [5.41, 5.74) is 6.26. The van der Waals surface area contributed by atoms with Crippen LogP contribution in [0.5, 0.6) is 0 Å². The number of hydrogen-bond acceptors (Lipinski definition) is 2. The molecule has 0 radical (unpaired) electrons. The van der Waals surface area contributed by atoms with Crippen molar-refractivity contribution >= 4 is 17.3 Å². The predicted octanol–water partition coefficient (Wildman–Crippen LogP) is 0.976. The van der Waals surface area contributed by atoms with E-state index >= 15 is 0 Å². The Labute approximate surface area is 77.0 Å². The molecular weight excluding hydrogens is 170 g/mol. The summed E-state index contributed by atoms with van der Waals surface area (Å²) in [6, 6.07) is 5.80. The number of aromatic nitrogens is 1. The smallest absolute Gasteiger partial charge is 0.164 e. The number of nitrogens with zero attached hydrogens (tertiary/aromatic N) is 1.